The zero-order chi connectivity index (χ0) is 30.7. The van der Waals surface area contributed by atoms with Gasteiger partial charge in [-0.25, -0.2) is 16.8 Å². The number of sulfonamides is 2. The lowest BCUT2D eigenvalue weighted by molar-refractivity contribution is 0.0387. The van der Waals surface area contributed by atoms with Crippen LogP contribution in [0.2, 0.25) is 0 Å². The van der Waals surface area contributed by atoms with E-state index in [9.17, 15) is 26.7 Å². The molecule has 3 aromatic carbocycles. The molecule has 226 valence electrons. The normalized spacial score (nSPS) is 18.4. The van der Waals surface area contributed by atoms with E-state index in [0.717, 1.165) is 0 Å². The highest BCUT2D eigenvalue weighted by molar-refractivity contribution is 7.92. The van der Waals surface area contributed by atoms with E-state index in [2.05, 4.69) is 4.72 Å². The topological polar surface area (TPSA) is 143 Å². The molecule has 0 spiro atoms. The number of carbonyl (C=O) groups is 1. The van der Waals surface area contributed by atoms with Gasteiger partial charge in [-0.3, -0.25) is 9.52 Å². The smallest absolute Gasteiger partial charge is 0.261 e. The summed E-state index contributed by atoms with van der Waals surface area (Å²) in [6, 6.07) is 17.7. The molecule has 0 radical (unpaired) electrons. The molecule has 2 N–H and O–H groups in total. The Labute approximate surface area is 246 Å². The number of rotatable bonds is 10. The zero-order valence-electron chi connectivity index (χ0n) is 23.8. The maximum absolute atomic E-state index is 13.7. The van der Waals surface area contributed by atoms with Gasteiger partial charge in [0, 0.05) is 25.2 Å². The molecule has 0 fully saturated rings. The number of hydrogen-bond acceptors (Lipinski definition) is 8. The number of methoxy groups -OCH3 is 1. The number of aliphatic hydroxyl groups is 1. The molecule has 1 amide bonds. The van der Waals surface area contributed by atoms with Crippen molar-refractivity contribution in [3.63, 3.8) is 0 Å². The van der Waals surface area contributed by atoms with Gasteiger partial charge in [-0.1, -0.05) is 25.1 Å². The highest BCUT2D eigenvalue weighted by Crippen LogP contribution is 2.32. The summed E-state index contributed by atoms with van der Waals surface area (Å²) in [4.78, 5) is 15.3. The molecule has 0 saturated carbocycles. The van der Waals surface area contributed by atoms with Crippen molar-refractivity contribution in [1.29, 1.82) is 0 Å². The molecule has 11 nitrogen and oxygen atoms in total. The van der Waals surface area contributed by atoms with E-state index in [1.807, 2.05) is 6.92 Å². The predicted octanol–water partition coefficient (Wildman–Crippen LogP) is 3.04. The van der Waals surface area contributed by atoms with Crippen LogP contribution in [0.15, 0.2) is 82.6 Å². The van der Waals surface area contributed by atoms with E-state index < -0.39 is 38.1 Å². The summed E-state index contributed by atoms with van der Waals surface area (Å²) in [5, 5.41) is 9.90. The molecule has 3 aromatic rings. The third-order valence-electron chi connectivity index (χ3n) is 7.18. The molecule has 0 saturated heterocycles. The maximum atomic E-state index is 13.7. The molecule has 4 rings (SSSR count). The monoisotopic (exact) mass is 617 g/mol. The van der Waals surface area contributed by atoms with Gasteiger partial charge in [0.2, 0.25) is 10.0 Å². The number of nitrogens with zero attached hydrogens (tertiary/aromatic N) is 2. The number of fused-ring (bicyclic) bond motifs is 1. The Kier molecular flexibility index (Phi) is 9.46. The van der Waals surface area contributed by atoms with Crippen LogP contribution in [0.3, 0.4) is 0 Å². The Balaban J connectivity index is 1.67. The minimum Gasteiger partial charge on any atom is -0.497 e. The first-order valence-electron chi connectivity index (χ1n) is 13.3. The molecule has 13 heteroatoms. The van der Waals surface area contributed by atoms with Gasteiger partial charge in [0.15, 0.2) is 0 Å². The first kappa shape index (κ1) is 31.3. The SMILES string of the molecule is COc1ccc(S(=O)(=O)Nc2ccc3c(c2)C(=O)N([C@@H](C)CO)C[C@H](C)[C@@H](CN(C)S(=O)(=O)c2ccccc2)O3)cc1. The van der Waals surface area contributed by atoms with Crippen LogP contribution >= 0.6 is 0 Å². The van der Waals surface area contributed by atoms with E-state index in [4.69, 9.17) is 9.47 Å². The summed E-state index contributed by atoms with van der Waals surface area (Å²) < 4.78 is 67.6. The van der Waals surface area contributed by atoms with E-state index in [0.29, 0.717) is 5.75 Å². The zero-order valence-corrected chi connectivity index (χ0v) is 25.4. The number of anilines is 1. The van der Waals surface area contributed by atoms with Crippen LogP contribution in [0.1, 0.15) is 24.2 Å². The molecule has 42 heavy (non-hydrogen) atoms. The van der Waals surface area contributed by atoms with Crippen molar-refractivity contribution in [3.8, 4) is 11.5 Å². The minimum absolute atomic E-state index is 0.00435. The largest absolute Gasteiger partial charge is 0.497 e. The van der Waals surface area contributed by atoms with Crippen LogP contribution < -0.4 is 14.2 Å². The van der Waals surface area contributed by atoms with Gasteiger partial charge >= 0.3 is 0 Å². The number of hydrogen-bond donors (Lipinski definition) is 2. The van der Waals surface area contributed by atoms with E-state index in [1.165, 1.54) is 78.0 Å². The fraction of sp³-hybridized carbons (Fsp3) is 0.345. The lowest BCUT2D eigenvalue weighted by atomic mass is 9.99. The lowest BCUT2D eigenvalue weighted by Crippen LogP contribution is -2.50. The van der Waals surface area contributed by atoms with E-state index in [1.54, 1.807) is 25.1 Å². The molecule has 0 aromatic heterocycles. The summed E-state index contributed by atoms with van der Waals surface area (Å²) >= 11 is 0. The molecule has 0 unspecified atom stereocenters. The third kappa shape index (κ3) is 6.70. The van der Waals surface area contributed by atoms with Gasteiger partial charge in [-0.15, -0.1) is 0 Å². The van der Waals surface area contributed by atoms with Gasteiger partial charge < -0.3 is 19.5 Å². The number of nitrogens with one attached hydrogen (secondary N) is 1. The van der Waals surface area contributed by atoms with Crippen LogP contribution in [0, 0.1) is 5.92 Å². The van der Waals surface area contributed by atoms with Crippen molar-refractivity contribution in [1.82, 2.24) is 9.21 Å². The molecular formula is C29H35N3O8S2. The van der Waals surface area contributed by atoms with Gasteiger partial charge in [-0.05, 0) is 61.5 Å². The van der Waals surface area contributed by atoms with Gasteiger partial charge in [0.25, 0.3) is 15.9 Å². The Bertz CT molecular complexity index is 1610. The molecule has 3 atom stereocenters. The van der Waals surface area contributed by atoms with Crippen LogP contribution in [0.5, 0.6) is 11.5 Å². The number of benzene rings is 3. The fourth-order valence-corrected chi connectivity index (χ4v) is 6.85. The summed E-state index contributed by atoms with van der Waals surface area (Å²) in [5.74, 6) is -0.100. The summed E-state index contributed by atoms with van der Waals surface area (Å²) in [6.45, 7) is 3.40. The second-order valence-electron chi connectivity index (χ2n) is 10.2. The van der Waals surface area contributed by atoms with Crippen molar-refractivity contribution in [3.05, 3.63) is 78.4 Å². The molecule has 1 aliphatic heterocycles. The molecular weight excluding hydrogens is 582 g/mol. The number of aliphatic hydroxyl groups excluding tert-OH is 1. The van der Waals surface area contributed by atoms with Crippen molar-refractivity contribution < 1.29 is 36.2 Å². The van der Waals surface area contributed by atoms with Crippen molar-refractivity contribution in [2.45, 2.75) is 35.8 Å². The molecule has 1 aliphatic rings. The van der Waals surface area contributed by atoms with Crippen molar-refractivity contribution in [2.24, 2.45) is 5.92 Å². The average Bonchev–Trinajstić information content (AvgIpc) is 2.99. The number of ether oxygens (including phenoxy) is 2. The summed E-state index contributed by atoms with van der Waals surface area (Å²) in [7, 11) is -4.87. The Hall–Kier alpha value is -3.65. The van der Waals surface area contributed by atoms with E-state index >= 15 is 0 Å². The number of carbonyl (C=O) groups excluding carboxylic acids is 1. The minimum atomic E-state index is -4.00. The molecule has 0 bridgehead atoms. The van der Waals surface area contributed by atoms with E-state index in [-0.39, 0.29) is 52.4 Å². The standard InChI is InChI=1S/C29H35N3O8S2/c1-20-17-32(21(2)19-33)29(34)26-16-22(30-41(35,36)24-13-11-23(39-4)12-14-24)10-15-27(26)40-28(20)18-31(3)42(37,38)25-8-6-5-7-9-25/h5-16,20-21,28,30,33H,17-19H2,1-4H3/t20-,21-,28+/m0/s1. The van der Waals surface area contributed by atoms with Gasteiger partial charge in [0.1, 0.15) is 17.6 Å². The summed E-state index contributed by atoms with van der Waals surface area (Å²) in [6.07, 6.45) is -0.671. The van der Waals surface area contributed by atoms with Crippen LogP contribution in [0.4, 0.5) is 5.69 Å². The Morgan fingerprint density at radius 2 is 1.71 bits per heavy atom. The second-order valence-corrected chi connectivity index (χ2v) is 13.9. The van der Waals surface area contributed by atoms with Crippen molar-refractivity contribution in [2.75, 3.05) is 38.6 Å². The van der Waals surface area contributed by atoms with Crippen LogP contribution in [-0.2, 0) is 20.0 Å². The Morgan fingerprint density at radius 1 is 1.05 bits per heavy atom. The maximum Gasteiger partial charge on any atom is 0.261 e. The van der Waals surface area contributed by atoms with Crippen LogP contribution in [-0.4, -0.2) is 83.1 Å². The van der Waals surface area contributed by atoms with Gasteiger partial charge in [0.05, 0.1) is 41.7 Å². The van der Waals surface area contributed by atoms with Gasteiger partial charge in [-0.2, -0.15) is 4.31 Å². The number of amides is 1. The fourth-order valence-electron chi connectivity index (χ4n) is 4.60. The number of likely N-dealkylation sites (N-methyl/N-ethyl adjacent to an activating group) is 1. The molecule has 0 aliphatic carbocycles. The first-order chi connectivity index (χ1) is 19.9. The lowest BCUT2D eigenvalue weighted by Gasteiger charge is -2.38. The predicted molar refractivity (Wildman–Crippen MR) is 158 cm³/mol. The van der Waals surface area contributed by atoms with Crippen LogP contribution in [0.25, 0.3) is 0 Å². The molecule has 1 heterocycles. The first-order valence-corrected chi connectivity index (χ1v) is 16.2. The Morgan fingerprint density at radius 3 is 2.33 bits per heavy atom. The van der Waals surface area contributed by atoms with Crippen molar-refractivity contribution >= 4 is 31.6 Å². The highest BCUT2D eigenvalue weighted by Gasteiger charge is 2.35. The average molecular weight is 618 g/mol. The highest BCUT2D eigenvalue weighted by atomic mass is 32.2. The quantitative estimate of drug-likeness (QED) is 0.354. The third-order valence-corrected chi connectivity index (χ3v) is 10.4. The second kappa shape index (κ2) is 12.7. The summed E-state index contributed by atoms with van der Waals surface area (Å²) in [5.41, 5.74) is 0.211.